The number of amides is 1. The molecule has 0 unspecified atom stereocenters. The number of benzene rings is 1. The van der Waals surface area contributed by atoms with Crippen molar-refractivity contribution in [3.63, 3.8) is 0 Å². The van der Waals surface area contributed by atoms with Gasteiger partial charge in [-0.15, -0.1) is 0 Å². The van der Waals surface area contributed by atoms with Crippen LogP contribution in [0, 0.1) is 6.92 Å². The number of methoxy groups -OCH3 is 1. The summed E-state index contributed by atoms with van der Waals surface area (Å²) in [5.41, 5.74) is 7.34. The lowest BCUT2D eigenvalue weighted by atomic mass is 10.3. The maximum Gasteiger partial charge on any atom is 0.259 e. The molecule has 2 aromatic rings. The summed E-state index contributed by atoms with van der Waals surface area (Å²) < 4.78 is 9.31. The predicted octanol–water partition coefficient (Wildman–Crippen LogP) is 0.751. The highest BCUT2D eigenvalue weighted by molar-refractivity contribution is 5.76. The smallest absolute Gasteiger partial charge is 0.259 e. The predicted molar refractivity (Wildman–Crippen MR) is 68.3 cm³/mol. The van der Waals surface area contributed by atoms with Gasteiger partial charge in [0.15, 0.2) is 17.6 Å². The van der Waals surface area contributed by atoms with Crippen molar-refractivity contribution in [2.45, 2.75) is 26.9 Å². The number of fused-ring (bicyclic) bond motifs is 1. The van der Waals surface area contributed by atoms with Gasteiger partial charge in [0, 0.05) is 13.0 Å². The van der Waals surface area contributed by atoms with Gasteiger partial charge in [-0.1, -0.05) is 0 Å². The van der Waals surface area contributed by atoms with Crippen LogP contribution in [-0.2, 0) is 17.9 Å². The zero-order valence-electron chi connectivity index (χ0n) is 10.9. The molecule has 2 N–H and O–H groups in total. The van der Waals surface area contributed by atoms with Gasteiger partial charge in [0.25, 0.3) is 11.7 Å². The normalized spacial score (nSPS) is 10.8. The van der Waals surface area contributed by atoms with Gasteiger partial charge in [0.2, 0.25) is 0 Å². The first-order valence-electron chi connectivity index (χ1n) is 5.93. The molecule has 0 bridgehead atoms. The summed E-state index contributed by atoms with van der Waals surface area (Å²) in [6, 6.07) is 5.82. The van der Waals surface area contributed by atoms with E-state index in [0.29, 0.717) is 0 Å². The number of primary amides is 1. The Balaban J connectivity index is 2.71. The average molecular weight is 248 g/mol. The van der Waals surface area contributed by atoms with Crippen LogP contribution >= 0.6 is 0 Å². The van der Waals surface area contributed by atoms with Gasteiger partial charge in [-0.3, -0.25) is 4.79 Å². The number of carbonyl (C=O) groups is 1. The first-order valence-corrected chi connectivity index (χ1v) is 5.93. The van der Waals surface area contributed by atoms with Crippen LogP contribution < -0.4 is 15.0 Å². The molecule has 0 radical (unpaired) electrons. The molecule has 1 aromatic heterocycles. The van der Waals surface area contributed by atoms with Gasteiger partial charge in [0.1, 0.15) is 5.75 Å². The standard InChI is InChI=1S/C13H17N3O2/c1-4-15-9(2)16(8-13(14)17)11-6-5-10(18-3)7-12(11)15/h5-7H,4,8H2,1-3H3,(H-,14,17)/p+1. The first-order chi connectivity index (χ1) is 8.58. The fourth-order valence-electron chi connectivity index (χ4n) is 2.32. The van der Waals surface area contributed by atoms with Crippen molar-refractivity contribution in [2.24, 2.45) is 5.73 Å². The summed E-state index contributed by atoms with van der Waals surface area (Å²) in [6.45, 7) is 5.09. The van der Waals surface area contributed by atoms with E-state index >= 15 is 0 Å². The van der Waals surface area contributed by atoms with Crippen molar-refractivity contribution in [3.8, 4) is 5.75 Å². The second kappa shape index (κ2) is 4.68. The lowest BCUT2D eigenvalue weighted by molar-refractivity contribution is -0.665. The molecule has 0 saturated carbocycles. The summed E-state index contributed by atoms with van der Waals surface area (Å²) in [6.07, 6.45) is 0. The highest BCUT2D eigenvalue weighted by atomic mass is 16.5. The molecule has 0 fully saturated rings. The summed E-state index contributed by atoms with van der Waals surface area (Å²) in [4.78, 5) is 11.2. The second-order valence-electron chi connectivity index (χ2n) is 4.20. The highest BCUT2D eigenvalue weighted by Gasteiger charge is 2.22. The number of rotatable bonds is 4. The van der Waals surface area contributed by atoms with Gasteiger partial charge in [0.05, 0.1) is 13.7 Å². The van der Waals surface area contributed by atoms with E-state index in [0.717, 1.165) is 29.2 Å². The number of imidazole rings is 1. The Bertz CT molecular complexity index is 602. The number of aromatic nitrogens is 2. The largest absolute Gasteiger partial charge is 0.497 e. The van der Waals surface area contributed by atoms with Crippen LogP contribution in [0.3, 0.4) is 0 Å². The van der Waals surface area contributed by atoms with E-state index in [1.54, 1.807) is 7.11 Å². The first kappa shape index (κ1) is 12.4. The van der Waals surface area contributed by atoms with Crippen LogP contribution in [0.4, 0.5) is 0 Å². The van der Waals surface area contributed by atoms with E-state index in [-0.39, 0.29) is 12.5 Å². The maximum atomic E-state index is 11.2. The van der Waals surface area contributed by atoms with Crippen molar-refractivity contribution in [1.29, 1.82) is 0 Å². The van der Waals surface area contributed by atoms with Gasteiger partial charge in [-0.2, -0.15) is 0 Å². The fraction of sp³-hybridized carbons (Fsp3) is 0.385. The molecule has 0 aliphatic rings. The van der Waals surface area contributed by atoms with Gasteiger partial charge >= 0.3 is 0 Å². The Labute approximate surface area is 106 Å². The Morgan fingerprint density at radius 3 is 2.78 bits per heavy atom. The molecule has 18 heavy (non-hydrogen) atoms. The number of ether oxygens (including phenoxy) is 1. The number of aryl methyl sites for hydroxylation is 1. The van der Waals surface area contributed by atoms with Crippen molar-refractivity contribution in [2.75, 3.05) is 7.11 Å². The number of hydrogen-bond acceptors (Lipinski definition) is 2. The lowest BCUT2D eigenvalue weighted by Crippen LogP contribution is -2.42. The molecule has 1 amide bonds. The average Bonchev–Trinajstić information content (AvgIpc) is 2.61. The molecule has 5 nitrogen and oxygen atoms in total. The third kappa shape index (κ3) is 1.92. The van der Waals surface area contributed by atoms with Crippen LogP contribution in [0.15, 0.2) is 18.2 Å². The molecule has 1 aromatic carbocycles. The van der Waals surface area contributed by atoms with E-state index < -0.39 is 0 Å². The van der Waals surface area contributed by atoms with Crippen molar-refractivity contribution in [3.05, 3.63) is 24.0 Å². The molecule has 0 atom stereocenters. The van der Waals surface area contributed by atoms with Crippen LogP contribution in [0.5, 0.6) is 5.75 Å². The van der Waals surface area contributed by atoms with Crippen molar-refractivity contribution >= 4 is 16.9 Å². The highest BCUT2D eigenvalue weighted by Crippen LogP contribution is 2.20. The Morgan fingerprint density at radius 2 is 2.22 bits per heavy atom. The number of nitrogens with zero attached hydrogens (tertiary/aromatic N) is 2. The lowest BCUT2D eigenvalue weighted by Gasteiger charge is -1.98. The molecule has 1 heterocycles. The van der Waals surface area contributed by atoms with Crippen LogP contribution in [0.25, 0.3) is 11.0 Å². The molecule has 0 aliphatic carbocycles. The third-order valence-electron chi connectivity index (χ3n) is 3.18. The summed E-state index contributed by atoms with van der Waals surface area (Å²) in [5.74, 6) is 1.48. The molecular weight excluding hydrogens is 230 g/mol. The van der Waals surface area contributed by atoms with E-state index in [1.165, 1.54) is 0 Å². The van der Waals surface area contributed by atoms with Crippen molar-refractivity contribution < 1.29 is 14.1 Å². The van der Waals surface area contributed by atoms with Gasteiger partial charge in [-0.05, 0) is 19.1 Å². The van der Waals surface area contributed by atoms with Crippen molar-refractivity contribution in [1.82, 2.24) is 4.57 Å². The SMILES string of the molecule is CCn1c(C)[n+](CC(N)=O)c2ccc(OC)cc21. The van der Waals surface area contributed by atoms with Crippen LogP contribution in [0.1, 0.15) is 12.7 Å². The topological polar surface area (TPSA) is 61.1 Å². The molecule has 5 heteroatoms. The number of carbonyl (C=O) groups excluding carboxylic acids is 1. The summed E-state index contributed by atoms with van der Waals surface area (Å²) in [7, 11) is 1.64. The molecular formula is C13H18N3O2+. The second-order valence-corrected chi connectivity index (χ2v) is 4.20. The Hall–Kier alpha value is -2.04. The number of nitrogens with two attached hydrogens (primary N) is 1. The van der Waals surface area contributed by atoms with Gasteiger partial charge < -0.3 is 10.5 Å². The summed E-state index contributed by atoms with van der Waals surface area (Å²) in [5, 5.41) is 0. The van der Waals surface area contributed by atoms with E-state index in [9.17, 15) is 4.79 Å². The van der Waals surface area contributed by atoms with Crippen LogP contribution in [-0.4, -0.2) is 17.6 Å². The minimum atomic E-state index is -0.339. The third-order valence-corrected chi connectivity index (χ3v) is 3.18. The molecule has 96 valence electrons. The molecule has 0 spiro atoms. The van der Waals surface area contributed by atoms with E-state index in [1.807, 2.05) is 29.7 Å². The zero-order chi connectivity index (χ0) is 13.3. The fourth-order valence-corrected chi connectivity index (χ4v) is 2.32. The molecule has 0 saturated heterocycles. The molecule has 2 rings (SSSR count). The Morgan fingerprint density at radius 1 is 1.50 bits per heavy atom. The van der Waals surface area contributed by atoms with E-state index in [4.69, 9.17) is 10.5 Å². The van der Waals surface area contributed by atoms with E-state index in [2.05, 4.69) is 11.5 Å². The molecule has 0 aliphatic heterocycles. The van der Waals surface area contributed by atoms with Gasteiger partial charge in [-0.25, -0.2) is 9.13 Å². The van der Waals surface area contributed by atoms with Crippen LogP contribution in [0.2, 0.25) is 0 Å². The zero-order valence-corrected chi connectivity index (χ0v) is 10.9. The summed E-state index contributed by atoms with van der Waals surface area (Å²) >= 11 is 0. The Kier molecular flexibility index (Phi) is 3.23. The minimum absolute atomic E-state index is 0.196. The minimum Gasteiger partial charge on any atom is -0.497 e. The number of hydrogen-bond donors (Lipinski definition) is 1. The monoisotopic (exact) mass is 248 g/mol. The quantitative estimate of drug-likeness (QED) is 0.812. The maximum absolute atomic E-state index is 11.2.